The third kappa shape index (κ3) is 5.57. The van der Waals surface area contributed by atoms with Gasteiger partial charge < -0.3 is 15.8 Å². The van der Waals surface area contributed by atoms with Crippen LogP contribution in [-0.4, -0.2) is 44.4 Å². The molecule has 9 heteroatoms. The van der Waals surface area contributed by atoms with Crippen molar-refractivity contribution in [2.24, 2.45) is 11.1 Å². The van der Waals surface area contributed by atoms with Crippen LogP contribution in [0.3, 0.4) is 0 Å². The number of sulfonamides is 1. The quantitative estimate of drug-likeness (QED) is 0.737. The molecule has 1 aromatic rings. The lowest BCUT2D eigenvalue weighted by atomic mass is 9.87. The van der Waals surface area contributed by atoms with Crippen LogP contribution in [0.4, 0.5) is 5.69 Å². The molecular formula is C18H30ClN3O4S. The van der Waals surface area contributed by atoms with Crippen molar-refractivity contribution in [3.05, 3.63) is 18.2 Å². The van der Waals surface area contributed by atoms with Crippen LogP contribution in [0.15, 0.2) is 23.1 Å². The van der Waals surface area contributed by atoms with Gasteiger partial charge in [-0.05, 0) is 43.4 Å². The molecule has 154 valence electrons. The number of nitrogens with one attached hydrogen (secondary N) is 1. The van der Waals surface area contributed by atoms with Crippen LogP contribution in [0, 0.1) is 5.41 Å². The Labute approximate surface area is 168 Å². The van der Waals surface area contributed by atoms with Gasteiger partial charge in [0.1, 0.15) is 10.6 Å². The summed E-state index contributed by atoms with van der Waals surface area (Å²) in [6, 6.07) is 3.94. The van der Waals surface area contributed by atoms with Gasteiger partial charge in [-0.2, -0.15) is 4.31 Å². The third-order valence-electron chi connectivity index (χ3n) is 4.41. The maximum absolute atomic E-state index is 13.0. The molecule has 0 aliphatic carbocycles. The summed E-state index contributed by atoms with van der Waals surface area (Å²) in [7, 11) is -3.67. The Morgan fingerprint density at radius 1 is 1.30 bits per heavy atom. The van der Waals surface area contributed by atoms with E-state index >= 15 is 0 Å². The van der Waals surface area contributed by atoms with Crippen molar-refractivity contribution >= 4 is 34.0 Å². The molecule has 2 rings (SSSR count). The van der Waals surface area contributed by atoms with Gasteiger partial charge in [0.2, 0.25) is 15.9 Å². The number of ether oxygens (including phenoxy) is 1. The second-order valence-electron chi connectivity index (χ2n) is 7.54. The fourth-order valence-electron chi connectivity index (χ4n) is 2.74. The summed E-state index contributed by atoms with van der Waals surface area (Å²) in [5, 5.41) is 2.72. The summed E-state index contributed by atoms with van der Waals surface area (Å²) in [5.41, 5.74) is 5.96. The summed E-state index contributed by atoms with van der Waals surface area (Å²) in [6.45, 7) is 8.77. The number of hydrogen-bond acceptors (Lipinski definition) is 5. The predicted molar refractivity (Wildman–Crippen MR) is 109 cm³/mol. The van der Waals surface area contributed by atoms with Crippen LogP contribution in [0.25, 0.3) is 0 Å². The van der Waals surface area contributed by atoms with Crippen molar-refractivity contribution in [1.82, 2.24) is 4.31 Å². The summed E-state index contributed by atoms with van der Waals surface area (Å²) in [4.78, 5) is 12.4. The first kappa shape index (κ1) is 23.7. The second kappa shape index (κ2) is 9.23. The second-order valence-corrected chi connectivity index (χ2v) is 9.45. The van der Waals surface area contributed by atoms with Crippen molar-refractivity contribution in [3.8, 4) is 5.75 Å². The van der Waals surface area contributed by atoms with E-state index in [1.165, 1.54) is 10.4 Å². The van der Waals surface area contributed by atoms with E-state index in [1.54, 1.807) is 19.1 Å². The molecule has 1 atom stereocenters. The van der Waals surface area contributed by atoms with Gasteiger partial charge in [0.25, 0.3) is 0 Å². The Bertz CT molecular complexity index is 756. The summed E-state index contributed by atoms with van der Waals surface area (Å²) < 4.78 is 32.9. The maximum Gasteiger partial charge on any atom is 0.246 e. The van der Waals surface area contributed by atoms with E-state index in [0.29, 0.717) is 25.4 Å². The Balaban J connectivity index is 0.00000364. The van der Waals surface area contributed by atoms with Gasteiger partial charge in [-0.15, -0.1) is 12.4 Å². The summed E-state index contributed by atoms with van der Waals surface area (Å²) in [5.74, 6) is -0.0660. The molecule has 0 aromatic heterocycles. The maximum atomic E-state index is 13.0. The van der Waals surface area contributed by atoms with Gasteiger partial charge in [0.05, 0.1) is 12.6 Å². The zero-order valence-corrected chi connectivity index (χ0v) is 18.0. The highest BCUT2D eigenvalue weighted by Gasteiger charge is 2.31. The molecule has 3 N–H and O–H groups in total. The summed E-state index contributed by atoms with van der Waals surface area (Å²) in [6.07, 6.45) is 1.69. The van der Waals surface area contributed by atoms with Crippen LogP contribution < -0.4 is 15.8 Å². The van der Waals surface area contributed by atoms with Gasteiger partial charge in [-0.1, -0.05) is 20.8 Å². The van der Waals surface area contributed by atoms with Gasteiger partial charge in [0, 0.05) is 18.8 Å². The van der Waals surface area contributed by atoms with Crippen molar-refractivity contribution in [1.29, 1.82) is 0 Å². The SMILES string of the molecule is CCOc1ccc(NC(=O)[C@@H](N)C(C)(C)C)cc1S(=O)(=O)N1CCCC1.Cl. The molecule has 7 nitrogen and oxygen atoms in total. The van der Waals surface area contributed by atoms with Crippen molar-refractivity contribution in [2.45, 2.75) is 51.5 Å². The number of anilines is 1. The van der Waals surface area contributed by atoms with E-state index in [-0.39, 0.29) is 29.0 Å². The minimum atomic E-state index is -3.67. The number of nitrogens with zero attached hydrogens (tertiary/aromatic N) is 1. The average molecular weight is 420 g/mol. The molecule has 1 aliphatic heterocycles. The summed E-state index contributed by atoms with van der Waals surface area (Å²) >= 11 is 0. The van der Waals surface area contributed by atoms with Crippen LogP contribution >= 0.6 is 12.4 Å². The first-order valence-electron chi connectivity index (χ1n) is 8.91. The van der Waals surface area contributed by atoms with Gasteiger partial charge in [0.15, 0.2) is 0 Å². The number of amides is 1. The normalized spacial score (nSPS) is 16.5. The highest BCUT2D eigenvalue weighted by molar-refractivity contribution is 7.89. The zero-order chi connectivity index (χ0) is 19.5. The van der Waals surface area contributed by atoms with Crippen LogP contribution in [0.5, 0.6) is 5.75 Å². The standard InChI is InChI=1S/C18H29N3O4S.ClH/c1-5-25-14-9-8-13(20-17(22)16(19)18(2,3)4)12-15(14)26(23,24)21-10-6-7-11-21;/h8-9,12,16H,5-7,10-11,19H2,1-4H3,(H,20,22);1H/t16-;/m1./s1. The number of hydrogen-bond donors (Lipinski definition) is 2. The minimum absolute atomic E-state index is 0. The van der Waals surface area contributed by atoms with Crippen molar-refractivity contribution < 1.29 is 17.9 Å². The monoisotopic (exact) mass is 419 g/mol. The molecule has 0 bridgehead atoms. The highest BCUT2D eigenvalue weighted by Crippen LogP contribution is 2.32. The minimum Gasteiger partial charge on any atom is -0.492 e. The van der Waals surface area contributed by atoms with Gasteiger partial charge in [-0.25, -0.2) is 8.42 Å². The lowest BCUT2D eigenvalue weighted by molar-refractivity contribution is -0.119. The fourth-order valence-corrected chi connectivity index (χ4v) is 4.42. The molecule has 0 radical (unpaired) electrons. The Morgan fingerprint density at radius 3 is 2.41 bits per heavy atom. The van der Waals surface area contributed by atoms with Crippen LogP contribution in [0.1, 0.15) is 40.5 Å². The lowest BCUT2D eigenvalue weighted by Gasteiger charge is -2.26. The van der Waals surface area contributed by atoms with E-state index in [9.17, 15) is 13.2 Å². The van der Waals surface area contributed by atoms with Crippen molar-refractivity contribution in [2.75, 3.05) is 25.0 Å². The smallest absolute Gasteiger partial charge is 0.246 e. The topological polar surface area (TPSA) is 102 Å². The Morgan fingerprint density at radius 2 is 1.89 bits per heavy atom. The molecule has 1 heterocycles. The highest BCUT2D eigenvalue weighted by atomic mass is 35.5. The van der Waals surface area contributed by atoms with Crippen LogP contribution in [0.2, 0.25) is 0 Å². The largest absolute Gasteiger partial charge is 0.492 e. The predicted octanol–water partition coefficient (Wildman–Crippen LogP) is 2.60. The molecule has 0 unspecified atom stereocenters. The van der Waals surface area contributed by atoms with E-state index in [4.69, 9.17) is 10.5 Å². The number of carbonyl (C=O) groups excluding carboxylic acids is 1. The molecular weight excluding hydrogens is 390 g/mol. The molecule has 1 amide bonds. The lowest BCUT2D eigenvalue weighted by Crippen LogP contribution is -2.45. The number of benzene rings is 1. The molecule has 1 saturated heterocycles. The van der Waals surface area contributed by atoms with Crippen LogP contribution in [-0.2, 0) is 14.8 Å². The number of carbonyl (C=O) groups is 1. The molecule has 27 heavy (non-hydrogen) atoms. The first-order valence-corrected chi connectivity index (χ1v) is 10.3. The molecule has 1 aromatic carbocycles. The van der Waals surface area contributed by atoms with E-state index in [1.807, 2.05) is 20.8 Å². The van der Waals surface area contributed by atoms with Gasteiger partial charge in [-0.3, -0.25) is 4.79 Å². The van der Waals surface area contributed by atoms with E-state index in [0.717, 1.165) is 12.8 Å². The Kier molecular flexibility index (Phi) is 8.10. The molecule has 0 saturated carbocycles. The average Bonchev–Trinajstić information content (AvgIpc) is 3.10. The van der Waals surface area contributed by atoms with E-state index < -0.39 is 21.5 Å². The van der Waals surface area contributed by atoms with Gasteiger partial charge >= 0.3 is 0 Å². The Hall–Kier alpha value is -1.35. The number of rotatable bonds is 6. The van der Waals surface area contributed by atoms with Crippen molar-refractivity contribution in [3.63, 3.8) is 0 Å². The molecule has 1 fully saturated rings. The number of halogens is 1. The fraction of sp³-hybridized carbons (Fsp3) is 0.611. The number of nitrogens with two attached hydrogens (primary N) is 1. The third-order valence-corrected chi connectivity index (χ3v) is 6.33. The molecule has 0 spiro atoms. The van der Waals surface area contributed by atoms with E-state index in [2.05, 4.69) is 5.32 Å². The zero-order valence-electron chi connectivity index (χ0n) is 16.3. The first-order chi connectivity index (χ1) is 12.1. The molecule has 1 aliphatic rings.